The number of rotatable bonds is 1. The molecule has 0 aliphatic carbocycles. The molecule has 4 heteroatoms. The summed E-state index contributed by atoms with van der Waals surface area (Å²) in [6.07, 6.45) is 2.91. The van der Waals surface area contributed by atoms with Crippen molar-refractivity contribution in [2.24, 2.45) is 0 Å². The van der Waals surface area contributed by atoms with Crippen molar-refractivity contribution in [3.63, 3.8) is 0 Å². The summed E-state index contributed by atoms with van der Waals surface area (Å²) in [7, 11) is -1.70. The molecule has 1 atom stereocenters. The van der Waals surface area contributed by atoms with Crippen molar-refractivity contribution in [2.45, 2.75) is 0 Å². The normalized spacial score (nSPS) is 13.6. The lowest BCUT2D eigenvalue weighted by Gasteiger charge is -1.80. The minimum atomic E-state index is -1.70. The van der Waals surface area contributed by atoms with Gasteiger partial charge in [-0.15, -0.1) is 0 Å². The summed E-state index contributed by atoms with van der Waals surface area (Å²) in [5.41, 5.74) is 0.356. The zero-order valence-corrected chi connectivity index (χ0v) is 5.42. The fourth-order valence-electron chi connectivity index (χ4n) is 0.397. The van der Waals surface area contributed by atoms with Crippen LogP contribution in [0.1, 0.15) is 0 Å². The molecular formula is C4H6NO2P. The van der Waals surface area contributed by atoms with Gasteiger partial charge in [0, 0.05) is 0 Å². The molecule has 0 N–H and O–H groups in total. The highest BCUT2D eigenvalue weighted by atomic mass is 31.1. The van der Waals surface area contributed by atoms with Gasteiger partial charge in [0.2, 0.25) is 0 Å². The predicted molar refractivity (Wildman–Crippen MR) is 31.1 cm³/mol. The van der Waals surface area contributed by atoms with Gasteiger partial charge in [0.15, 0.2) is 7.80 Å². The predicted octanol–water partition coefficient (Wildman–Crippen LogP) is 0.489. The molecule has 8 heavy (non-hydrogen) atoms. The van der Waals surface area contributed by atoms with Crippen LogP contribution >= 0.6 is 7.80 Å². The molecule has 0 fully saturated rings. The van der Waals surface area contributed by atoms with Gasteiger partial charge in [0.1, 0.15) is 6.26 Å². The minimum absolute atomic E-state index is 0.356. The molecule has 3 nitrogen and oxygen atoms in total. The summed E-state index contributed by atoms with van der Waals surface area (Å²) in [5.74, 6) is 0. The molecule has 0 spiro atoms. The number of oxazole rings is 1. The van der Waals surface area contributed by atoms with Crippen LogP contribution in [0.4, 0.5) is 0 Å². The van der Waals surface area contributed by atoms with E-state index >= 15 is 0 Å². The molecule has 1 rings (SSSR count). The van der Waals surface area contributed by atoms with E-state index in [-0.39, 0.29) is 0 Å². The van der Waals surface area contributed by atoms with Crippen LogP contribution in [-0.4, -0.2) is 11.6 Å². The zero-order chi connectivity index (χ0) is 5.98. The highest BCUT2D eigenvalue weighted by molar-refractivity contribution is 7.51. The van der Waals surface area contributed by atoms with Gasteiger partial charge in [-0.2, -0.15) is 0 Å². The minimum Gasteiger partial charge on any atom is -0.443 e. The Labute approximate surface area is 47.5 Å². The molecule has 1 aromatic heterocycles. The van der Waals surface area contributed by atoms with Crippen LogP contribution in [0.3, 0.4) is 0 Å². The Morgan fingerprint density at radius 2 is 2.62 bits per heavy atom. The Morgan fingerprint density at radius 3 is 2.88 bits per heavy atom. The molecule has 1 unspecified atom stereocenters. The number of hydrogen-bond donors (Lipinski definition) is 0. The van der Waals surface area contributed by atoms with Gasteiger partial charge in [-0.3, -0.25) is 0 Å². The Morgan fingerprint density at radius 1 is 1.88 bits per heavy atom. The highest BCUT2D eigenvalue weighted by Gasteiger charge is 1.97. The molecule has 0 bridgehead atoms. The van der Waals surface area contributed by atoms with E-state index < -0.39 is 7.80 Å². The molecule has 0 saturated carbocycles. The van der Waals surface area contributed by atoms with Crippen molar-refractivity contribution < 1.29 is 8.98 Å². The summed E-state index contributed by atoms with van der Waals surface area (Å²) in [5, 5.41) is 0. The Balaban J connectivity index is 2.93. The van der Waals surface area contributed by atoms with Gasteiger partial charge in [0.05, 0.1) is 6.20 Å². The monoisotopic (exact) mass is 131 g/mol. The molecule has 0 amide bonds. The average Bonchev–Trinajstić information content (AvgIpc) is 2.12. The van der Waals surface area contributed by atoms with Crippen molar-refractivity contribution in [1.29, 1.82) is 0 Å². The Kier molecular flexibility index (Phi) is 1.49. The summed E-state index contributed by atoms with van der Waals surface area (Å²) in [6.45, 7) is 1.59. The lowest BCUT2D eigenvalue weighted by molar-refractivity contribution is 0.567. The Hall–Kier alpha value is -0.560. The summed E-state index contributed by atoms with van der Waals surface area (Å²) in [6, 6.07) is 0. The van der Waals surface area contributed by atoms with Crippen LogP contribution in [-0.2, 0) is 4.57 Å². The zero-order valence-electron chi connectivity index (χ0n) is 4.42. The van der Waals surface area contributed by atoms with Crippen molar-refractivity contribution >= 4 is 13.4 Å². The average molecular weight is 131 g/mol. The summed E-state index contributed by atoms with van der Waals surface area (Å²) < 4.78 is 15.3. The third-order valence-electron chi connectivity index (χ3n) is 0.733. The van der Waals surface area contributed by atoms with Gasteiger partial charge in [-0.05, 0) is 6.66 Å². The maximum atomic E-state index is 10.5. The van der Waals surface area contributed by atoms with E-state index in [9.17, 15) is 4.57 Å². The van der Waals surface area contributed by atoms with Crippen LogP contribution in [0, 0.1) is 0 Å². The van der Waals surface area contributed by atoms with E-state index in [0.29, 0.717) is 5.63 Å². The van der Waals surface area contributed by atoms with E-state index in [4.69, 9.17) is 4.42 Å². The number of hydrogen-bond acceptors (Lipinski definition) is 3. The first-order valence-corrected chi connectivity index (χ1v) is 4.12. The number of nitrogens with zero attached hydrogens (tertiary/aromatic N) is 1. The standard InChI is InChI=1S/C4H6NO2P/c1-8(6)4-5-2-3-7-4/h2-3,8H,1H3. The molecule has 1 aromatic rings. The first kappa shape index (κ1) is 5.57. The second kappa shape index (κ2) is 2.14. The van der Waals surface area contributed by atoms with Gasteiger partial charge in [-0.25, -0.2) is 4.98 Å². The maximum Gasteiger partial charge on any atom is 0.251 e. The smallest absolute Gasteiger partial charge is 0.251 e. The maximum absolute atomic E-state index is 10.5. The van der Waals surface area contributed by atoms with Crippen LogP contribution in [0.25, 0.3) is 0 Å². The highest BCUT2D eigenvalue weighted by Crippen LogP contribution is 2.09. The molecule has 0 aromatic carbocycles. The Bertz CT molecular complexity index is 182. The van der Waals surface area contributed by atoms with E-state index in [2.05, 4.69) is 4.98 Å². The second-order valence-corrected chi connectivity index (χ2v) is 2.93. The van der Waals surface area contributed by atoms with Gasteiger partial charge >= 0.3 is 0 Å². The van der Waals surface area contributed by atoms with Crippen molar-refractivity contribution in [2.75, 3.05) is 6.66 Å². The largest absolute Gasteiger partial charge is 0.443 e. The van der Waals surface area contributed by atoms with Crippen molar-refractivity contribution in [3.05, 3.63) is 12.5 Å². The van der Waals surface area contributed by atoms with E-state index in [1.54, 1.807) is 6.66 Å². The van der Waals surface area contributed by atoms with Gasteiger partial charge < -0.3 is 8.98 Å². The molecule has 0 aliphatic heterocycles. The topological polar surface area (TPSA) is 43.1 Å². The first-order chi connectivity index (χ1) is 3.80. The van der Waals surface area contributed by atoms with Gasteiger partial charge in [-0.1, -0.05) is 0 Å². The van der Waals surface area contributed by atoms with Crippen LogP contribution < -0.4 is 5.63 Å². The SMILES string of the molecule is C[PH](=O)c1ncco1. The molecule has 1 heterocycles. The summed E-state index contributed by atoms with van der Waals surface area (Å²) in [4.78, 5) is 3.68. The van der Waals surface area contributed by atoms with E-state index in [1.165, 1.54) is 12.5 Å². The fraction of sp³-hybridized carbons (Fsp3) is 0.250. The van der Waals surface area contributed by atoms with Crippen molar-refractivity contribution in [3.8, 4) is 0 Å². The van der Waals surface area contributed by atoms with Crippen LogP contribution in [0.2, 0.25) is 0 Å². The van der Waals surface area contributed by atoms with Gasteiger partial charge in [0.25, 0.3) is 5.63 Å². The van der Waals surface area contributed by atoms with E-state index in [1.807, 2.05) is 0 Å². The first-order valence-electron chi connectivity index (χ1n) is 2.21. The van der Waals surface area contributed by atoms with Crippen molar-refractivity contribution in [1.82, 2.24) is 4.98 Å². The molecule has 0 saturated heterocycles. The van der Waals surface area contributed by atoms with Crippen LogP contribution in [0.15, 0.2) is 16.9 Å². The fourth-order valence-corrected chi connectivity index (χ4v) is 0.888. The van der Waals surface area contributed by atoms with E-state index in [0.717, 1.165) is 0 Å². The second-order valence-electron chi connectivity index (χ2n) is 1.39. The molecule has 0 aliphatic rings. The number of aromatic nitrogens is 1. The third kappa shape index (κ3) is 0.984. The van der Waals surface area contributed by atoms with Crippen LogP contribution in [0.5, 0.6) is 0 Å². The molecule has 44 valence electrons. The molecular weight excluding hydrogens is 125 g/mol. The molecule has 0 radical (unpaired) electrons. The third-order valence-corrected chi connectivity index (χ3v) is 1.58. The lowest BCUT2D eigenvalue weighted by atomic mass is 11.0. The quantitative estimate of drug-likeness (QED) is 0.521. The summed E-state index contributed by atoms with van der Waals surface area (Å²) >= 11 is 0. The lowest BCUT2D eigenvalue weighted by Crippen LogP contribution is -1.92.